The van der Waals surface area contributed by atoms with E-state index in [1.54, 1.807) is 23.5 Å². The molecule has 7 heteroatoms. The Bertz CT molecular complexity index is 1190. The molecule has 1 heterocycles. The molecule has 172 valence electrons. The van der Waals surface area contributed by atoms with Crippen LogP contribution < -0.4 is 4.90 Å². The number of hydrogen-bond donors (Lipinski definition) is 1. The summed E-state index contributed by atoms with van der Waals surface area (Å²) in [6.45, 7) is 2.91. The van der Waals surface area contributed by atoms with E-state index in [1.807, 2.05) is 6.07 Å². The highest BCUT2D eigenvalue weighted by molar-refractivity contribution is 8.22. The molecule has 0 amide bonds. The van der Waals surface area contributed by atoms with Crippen molar-refractivity contribution >= 4 is 50.6 Å². The lowest BCUT2D eigenvalue weighted by Crippen LogP contribution is -2.22. The van der Waals surface area contributed by atoms with Crippen LogP contribution in [0.1, 0.15) is 30.0 Å². The van der Waals surface area contributed by atoms with Gasteiger partial charge in [-0.25, -0.2) is 0 Å². The minimum atomic E-state index is -3.94. The second-order valence-corrected chi connectivity index (χ2v) is 11.9. The first-order chi connectivity index (χ1) is 16.0. The monoisotopic (exact) mass is 497 g/mol. The maximum absolute atomic E-state index is 11.1. The van der Waals surface area contributed by atoms with E-state index in [-0.39, 0.29) is 5.75 Å². The fourth-order valence-electron chi connectivity index (χ4n) is 4.00. The minimum absolute atomic E-state index is 0.211. The molecule has 4 nitrogen and oxygen atoms in total. The van der Waals surface area contributed by atoms with Gasteiger partial charge in [0.15, 0.2) is 0 Å². The van der Waals surface area contributed by atoms with Crippen molar-refractivity contribution in [1.29, 1.82) is 0 Å². The predicted molar refractivity (Wildman–Crippen MR) is 143 cm³/mol. The molecule has 0 atom stereocenters. The second-order valence-electron chi connectivity index (χ2n) is 7.69. The molecule has 1 N–H and O–H groups in total. The van der Waals surface area contributed by atoms with Gasteiger partial charge in [-0.2, -0.15) is 8.42 Å². The number of para-hydroxylation sites is 2. The highest BCUT2D eigenvalue weighted by atomic mass is 32.2. The summed E-state index contributed by atoms with van der Waals surface area (Å²) < 4.78 is 32.6. The van der Waals surface area contributed by atoms with Crippen molar-refractivity contribution in [3.63, 3.8) is 0 Å². The van der Waals surface area contributed by atoms with Gasteiger partial charge < -0.3 is 4.90 Å². The molecule has 3 aromatic rings. The lowest BCUT2D eigenvalue weighted by atomic mass is 9.91. The maximum Gasteiger partial charge on any atom is 0.264 e. The Morgan fingerprint density at radius 1 is 0.848 bits per heavy atom. The SMILES string of the molecule is CCSC(SCCCS(=O)(=O)O)=C1c2ccccc2N(Cc2ccccc2)c2ccccc21. The van der Waals surface area contributed by atoms with Crippen molar-refractivity contribution < 1.29 is 13.0 Å². The molecule has 0 radical (unpaired) electrons. The van der Waals surface area contributed by atoms with Gasteiger partial charge in [0.05, 0.1) is 5.75 Å². The Morgan fingerprint density at radius 3 is 2.00 bits per heavy atom. The normalized spacial score (nSPS) is 12.9. The van der Waals surface area contributed by atoms with Crippen LogP contribution in [0.2, 0.25) is 0 Å². The van der Waals surface area contributed by atoms with Crippen molar-refractivity contribution in [2.45, 2.75) is 19.9 Å². The lowest BCUT2D eigenvalue weighted by Gasteiger charge is -2.35. The van der Waals surface area contributed by atoms with Gasteiger partial charge in [0.1, 0.15) is 0 Å². The van der Waals surface area contributed by atoms with Crippen molar-refractivity contribution in [2.75, 3.05) is 22.2 Å². The molecule has 0 fully saturated rings. The minimum Gasteiger partial charge on any atom is -0.336 e. The number of fused-ring (bicyclic) bond motifs is 2. The molecule has 0 saturated carbocycles. The zero-order valence-corrected chi connectivity index (χ0v) is 20.9. The summed E-state index contributed by atoms with van der Waals surface area (Å²) in [7, 11) is -3.94. The summed E-state index contributed by atoms with van der Waals surface area (Å²) in [5.74, 6) is 1.34. The largest absolute Gasteiger partial charge is 0.336 e. The average Bonchev–Trinajstić information content (AvgIpc) is 2.81. The van der Waals surface area contributed by atoms with Crippen LogP contribution in [0.5, 0.6) is 0 Å². The van der Waals surface area contributed by atoms with Crippen molar-refractivity contribution in [2.24, 2.45) is 0 Å². The van der Waals surface area contributed by atoms with Crippen LogP contribution in [0.4, 0.5) is 11.4 Å². The summed E-state index contributed by atoms with van der Waals surface area (Å²) in [4.78, 5) is 2.38. The van der Waals surface area contributed by atoms with Crippen molar-refractivity contribution in [1.82, 2.24) is 0 Å². The van der Waals surface area contributed by atoms with Crippen molar-refractivity contribution in [3.8, 4) is 0 Å². The van der Waals surface area contributed by atoms with E-state index in [1.165, 1.54) is 37.9 Å². The molecule has 0 unspecified atom stereocenters. The van der Waals surface area contributed by atoms with E-state index in [4.69, 9.17) is 4.55 Å². The summed E-state index contributed by atoms with van der Waals surface area (Å²) in [5, 5.41) is 0. The van der Waals surface area contributed by atoms with E-state index in [9.17, 15) is 8.42 Å². The molecule has 1 aliphatic rings. The molecular weight excluding hydrogens is 470 g/mol. The molecule has 0 aliphatic carbocycles. The molecule has 0 spiro atoms. The lowest BCUT2D eigenvalue weighted by molar-refractivity contribution is 0.482. The number of rotatable bonds is 9. The third-order valence-corrected chi connectivity index (χ3v) is 8.60. The third-order valence-electron chi connectivity index (χ3n) is 5.37. The number of nitrogens with zero attached hydrogens (tertiary/aromatic N) is 1. The van der Waals surface area contributed by atoms with Gasteiger partial charge in [0, 0.05) is 38.9 Å². The number of anilines is 2. The predicted octanol–water partition coefficient (Wildman–Crippen LogP) is 6.82. The zero-order valence-electron chi connectivity index (χ0n) is 18.5. The van der Waals surface area contributed by atoms with Crippen LogP contribution in [0.3, 0.4) is 0 Å². The molecule has 3 aromatic carbocycles. The molecule has 33 heavy (non-hydrogen) atoms. The Kier molecular flexibility index (Phi) is 7.86. The van der Waals surface area contributed by atoms with Gasteiger partial charge >= 0.3 is 0 Å². The Hall–Kier alpha value is -2.19. The van der Waals surface area contributed by atoms with E-state index < -0.39 is 10.1 Å². The van der Waals surface area contributed by atoms with Crippen molar-refractivity contribution in [3.05, 3.63) is 99.8 Å². The number of thioether (sulfide) groups is 2. The second kappa shape index (κ2) is 10.8. The summed E-state index contributed by atoms with van der Waals surface area (Å²) in [6.07, 6.45) is 0.411. The smallest absolute Gasteiger partial charge is 0.264 e. The highest BCUT2D eigenvalue weighted by Gasteiger charge is 2.28. The molecule has 0 aromatic heterocycles. The summed E-state index contributed by atoms with van der Waals surface area (Å²) in [5.41, 5.74) is 7.16. The van der Waals surface area contributed by atoms with Gasteiger partial charge in [-0.05, 0) is 35.6 Å². The van der Waals surface area contributed by atoms with Crippen LogP contribution in [0, 0.1) is 0 Å². The maximum atomic E-state index is 11.1. The zero-order chi connectivity index (χ0) is 23.3. The molecule has 0 saturated heterocycles. The van der Waals surface area contributed by atoms with Gasteiger partial charge in [0.25, 0.3) is 10.1 Å². The Balaban J connectivity index is 1.78. The summed E-state index contributed by atoms with van der Waals surface area (Å²) in [6, 6.07) is 27.5. The first-order valence-electron chi connectivity index (χ1n) is 10.9. The number of benzene rings is 3. The first kappa shape index (κ1) is 24.0. The number of hydrogen-bond acceptors (Lipinski definition) is 5. The van der Waals surface area contributed by atoms with Crippen LogP contribution in [0.25, 0.3) is 5.57 Å². The third kappa shape index (κ3) is 5.84. The van der Waals surface area contributed by atoms with Crippen LogP contribution >= 0.6 is 23.5 Å². The van der Waals surface area contributed by atoms with E-state index in [0.717, 1.165) is 12.3 Å². The van der Waals surface area contributed by atoms with E-state index in [2.05, 4.69) is 84.6 Å². The Morgan fingerprint density at radius 2 is 1.42 bits per heavy atom. The van der Waals surface area contributed by atoms with E-state index in [0.29, 0.717) is 12.2 Å². The van der Waals surface area contributed by atoms with Crippen LogP contribution in [0.15, 0.2) is 83.1 Å². The highest BCUT2D eigenvalue weighted by Crippen LogP contribution is 2.50. The standard InChI is InChI=1S/C26H27NO3S3/c1-2-31-26(32-17-10-18-33(28,29)30)25-21-13-6-8-15-23(21)27(19-20-11-4-3-5-12-20)24-16-9-7-14-22(24)25/h3-9,11-16H,2,10,17-19H2,1H3,(H,28,29,30). The molecule has 0 bridgehead atoms. The van der Waals surface area contributed by atoms with Crippen LogP contribution in [-0.4, -0.2) is 30.2 Å². The first-order valence-corrected chi connectivity index (χ1v) is 14.5. The average molecular weight is 498 g/mol. The molecule has 1 aliphatic heterocycles. The van der Waals surface area contributed by atoms with Gasteiger partial charge in [-0.3, -0.25) is 4.55 Å². The fraction of sp³-hybridized carbons (Fsp3) is 0.231. The van der Waals surface area contributed by atoms with Crippen LogP contribution in [-0.2, 0) is 16.7 Å². The molecule has 4 rings (SSSR count). The van der Waals surface area contributed by atoms with E-state index >= 15 is 0 Å². The van der Waals surface area contributed by atoms with Gasteiger partial charge in [-0.15, -0.1) is 23.5 Å². The topological polar surface area (TPSA) is 57.6 Å². The fourth-order valence-corrected chi connectivity index (χ4v) is 7.09. The quantitative estimate of drug-likeness (QED) is 0.259. The molecular formula is C26H27NO3S3. The summed E-state index contributed by atoms with van der Waals surface area (Å²) >= 11 is 3.46. The Labute approximate surface area is 204 Å². The van der Waals surface area contributed by atoms with Gasteiger partial charge in [0.2, 0.25) is 0 Å². The van der Waals surface area contributed by atoms with Gasteiger partial charge in [-0.1, -0.05) is 73.7 Å².